The van der Waals surface area contributed by atoms with E-state index in [0.717, 1.165) is 67.8 Å². The molecule has 7 unspecified atom stereocenters. The number of hydrogen-bond acceptors (Lipinski definition) is 20. The third-order valence-electron chi connectivity index (χ3n) is 14.0. The summed E-state index contributed by atoms with van der Waals surface area (Å²) in [4.78, 5) is 84.3. The summed E-state index contributed by atoms with van der Waals surface area (Å²) < 4.78 is 62.7. The number of carbonyl (C=O) groups is 7. The van der Waals surface area contributed by atoms with Crippen LogP contribution in [-0.4, -0.2) is 264 Å². The van der Waals surface area contributed by atoms with Gasteiger partial charge in [0, 0.05) is 99.4 Å². The van der Waals surface area contributed by atoms with E-state index in [0.29, 0.717) is 181 Å². The summed E-state index contributed by atoms with van der Waals surface area (Å²) in [7, 11) is 0. The Bertz CT molecular complexity index is 1900. The van der Waals surface area contributed by atoms with E-state index in [1.54, 1.807) is 0 Å². The van der Waals surface area contributed by atoms with E-state index in [1.807, 2.05) is 23.5 Å². The number of urea groups is 2. The predicted molar refractivity (Wildman–Crippen MR) is 314 cm³/mol. The maximum Gasteiger partial charge on any atom is 0.315 e. The van der Waals surface area contributed by atoms with Crippen LogP contribution in [0, 0.1) is 0 Å². The topological polar surface area (TPSA) is 308 Å². The Morgan fingerprint density at radius 1 is 0.440 bits per heavy atom. The maximum absolute atomic E-state index is 12.3. The second-order valence-corrected chi connectivity index (χ2v) is 23.2. The van der Waals surface area contributed by atoms with Crippen LogP contribution in [0.15, 0.2) is 12.2 Å². The molecule has 84 heavy (non-hydrogen) atoms. The molecule has 5 heterocycles. The zero-order valence-electron chi connectivity index (χ0n) is 49.1. The number of amides is 9. The first-order valence-corrected chi connectivity index (χ1v) is 32.4. The van der Waals surface area contributed by atoms with E-state index in [2.05, 4.69) is 37.2 Å². The molecule has 7 N–H and O–H groups in total. The van der Waals surface area contributed by atoms with E-state index in [9.17, 15) is 33.6 Å². The van der Waals surface area contributed by atoms with Gasteiger partial charge < -0.3 is 89.3 Å². The molecule has 26 nitrogen and oxygen atoms in total. The lowest BCUT2D eigenvalue weighted by atomic mass is 10.0. The summed E-state index contributed by atoms with van der Waals surface area (Å²) in [6.45, 7) is 10.2. The molecule has 5 rings (SSSR count). The van der Waals surface area contributed by atoms with Gasteiger partial charge in [0.2, 0.25) is 17.7 Å². The van der Waals surface area contributed by atoms with Gasteiger partial charge in [-0.05, 0) is 51.4 Å². The SMILES string of the molecule is O=C(CCCCC1SCC2NC(=O)NC21)NCCCOCCOCCOCCOCCOCC(COCCCNC(=O)CCCN1C(=O)C=CC1=O)OCCOCCOCCOCCOCCCNC(=O)CCCCC1SCC2NC(=O)NC21. The van der Waals surface area contributed by atoms with Gasteiger partial charge in [0.05, 0.1) is 143 Å². The molecule has 0 bridgehead atoms. The zero-order valence-corrected chi connectivity index (χ0v) is 50.7. The molecule has 9 amide bonds. The van der Waals surface area contributed by atoms with E-state index in [1.165, 1.54) is 12.2 Å². The predicted octanol–water partition coefficient (Wildman–Crippen LogP) is 1.21. The molecule has 4 saturated heterocycles. The molecule has 0 aromatic rings. The molecule has 5 aliphatic rings. The Kier molecular flexibility index (Phi) is 38.3. The molecule has 0 aliphatic carbocycles. The summed E-state index contributed by atoms with van der Waals surface area (Å²) in [5.74, 6) is 1.12. The standard InChI is InChI=1S/C56H96N8O18S2/c65-48(11-3-1-9-46-53-44(41-83-46)60-55(70)62-53)57-16-6-20-72-23-25-74-27-29-76-31-32-78-35-36-81-40-43(39-80-22-8-18-59-50(67)13-5-19-64-51(68)14-15-52(64)69)82-38-37-79-34-33-77-30-28-75-26-24-73-21-7-17-58-49(66)12-4-2-10-47-54-45(42-84-47)61-56(71)63-54/h14-15,43-47,53-54H,1-13,16-42H2,(H,57,65)(H,58,66)(H,59,67)(H2,60,62,70)(H2,61,63,71). The number of thioether (sulfide) groups is 2. The molecule has 480 valence electrons. The molecule has 5 aliphatic heterocycles. The van der Waals surface area contributed by atoms with Crippen molar-refractivity contribution >= 4 is 65.1 Å². The van der Waals surface area contributed by atoms with E-state index in [-0.39, 0.29) is 98.0 Å². The minimum Gasteiger partial charge on any atom is -0.379 e. The van der Waals surface area contributed by atoms with Crippen LogP contribution < -0.4 is 37.2 Å². The number of fused-ring (bicyclic) bond motifs is 2. The Morgan fingerprint density at radius 2 is 0.786 bits per heavy atom. The number of ether oxygens (including phenoxy) is 11. The number of rotatable bonds is 55. The van der Waals surface area contributed by atoms with Crippen molar-refractivity contribution < 1.29 is 85.7 Å². The number of hydrogen-bond donors (Lipinski definition) is 7. The van der Waals surface area contributed by atoms with Crippen molar-refractivity contribution in [2.45, 2.75) is 124 Å². The average Bonchev–Trinajstić information content (AvgIpc) is 4.42. The van der Waals surface area contributed by atoms with Crippen LogP contribution in [0.2, 0.25) is 0 Å². The van der Waals surface area contributed by atoms with Crippen LogP contribution in [0.5, 0.6) is 0 Å². The summed E-state index contributed by atoms with van der Waals surface area (Å²) in [5, 5.41) is 21.5. The van der Waals surface area contributed by atoms with Crippen LogP contribution >= 0.6 is 23.5 Å². The van der Waals surface area contributed by atoms with Crippen LogP contribution in [0.3, 0.4) is 0 Å². The minimum absolute atomic E-state index is 0.0552. The Balaban J connectivity index is 0.771. The summed E-state index contributed by atoms with van der Waals surface area (Å²) in [6.07, 6.45) is 11.3. The maximum atomic E-state index is 12.3. The Hall–Kier alpha value is -3.91. The van der Waals surface area contributed by atoms with Crippen molar-refractivity contribution in [2.24, 2.45) is 0 Å². The molecule has 0 aromatic heterocycles. The first kappa shape index (κ1) is 70.8. The second-order valence-electron chi connectivity index (χ2n) is 20.7. The second kappa shape index (κ2) is 45.4. The van der Waals surface area contributed by atoms with Gasteiger partial charge in [0.25, 0.3) is 11.8 Å². The molecule has 0 radical (unpaired) electrons. The van der Waals surface area contributed by atoms with E-state index in [4.69, 9.17) is 52.1 Å². The normalized spacial score (nSPS) is 20.9. The summed E-state index contributed by atoms with van der Waals surface area (Å²) in [6, 6.07) is 0.719. The van der Waals surface area contributed by atoms with Gasteiger partial charge in [0.15, 0.2) is 0 Å². The highest BCUT2D eigenvalue weighted by atomic mass is 32.2. The first-order chi connectivity index (χ1) is 41.2. The third kappa shape index (κ3) is 31.7. The molecule has 0 aromatic carbocycles. The quantitative estimate of drug-likeness (QED) is 0.0256. The Morgan fingerprint density at radius 3 is 1.20 bits per heavy atom. The van der Waals surface area contributed by atoms with Gasteiger partial charge in [0.1, 0.15) is 6.10 Å². The number of unbranched alkanes of at least 4 members (excludes halogenated alkanes) is 2. The molecular weight excluding hydrogens is 1140 g/mol. The van der Waals surface area contributed by atoms with Crippen molar-refractivity contribution in [1.29, 1.82) is 0 Å². The number of nitrogens with zero attached hydrogens (tertiary/aromatic N) is 1. The minimum atomic E-state index is -0.369. The lowest BCUT2D eigenvalue weighted by molar-refractivity contribution is -0.137. The van der Waals surface area contributed by atoms with Gasteiger partial charge in [-0.25, -0.2) is 9.59 Å². The highest BCUT2D eigenvalue weighted by molar-refractivity contribution is 8.00. The number of imide groups is 1. The highest BCUT2D eigenvalue weighted by Crippen LogP contribution is 2.34. The van der Waals surface area contributed by atoms with E-state index >= 15 is 0 Å². The largest absolute Gasteiger partial charge is 0.379 e. The van der Waals surface area contributed by atoms with Crippen LogP contribution in [0.4, 0.5) is 9.59 Å². The molecule has 4 fully saturated rings. The van der Waals surface area contributed by atoms with E-state index < -0.39 is 0 Å². The lowest BCUT2D eigenvalue weighted by Gasteiger charge is -2.19. The van der Waals surface area contributed by atoms with Crippen LogP contribution in [0.1, 0.15) is 83.5 Å². The molecule has 7 atom stereocenters. The van der Waals surface area contributed by atoms with Crippen LogP contribution in [0.25, 0.3) is 0 Å². The van der Waals surface area contributed by atoms with Crippen molar-refractivity contribution in [3.05, 3.63) is 12.2 Å². The smallest absolute Gasteiger partial charge is 0.315 e. The number of nitrogens with one attached hydrogen (secondary N) is 7. The zero-order chi connectivity index (χ0) is 59.5. The van der Waals surface area contributed by atoms with Crippen molar-refractivity contribution in [3.63, 3.8) is 0 Å². The molecule has 28 heteroatoms. The molecule has 0 spiro atoms. The fourth-order valence-electron chi connectivity index (χ4n) is 9.56. The fourth-order valence-corrected chi connectivity index (χ4v) is 12.6. The summed E-state index contributed by atoms with van der Waals surface area (Å²) >= 11 is 3.79. The summed E-state index contributed by atoms with van der Waals surface area (Å²) in [5.41, 5.74) is 0. The van der Waals surface area contributed by atoms with Crippen molar-refractivity contribution in [2.75, 3.05) is 176 Å². The van der Waals surface area contributed by atoms with Crippen LogP contribution in [-0.2, 0) is 76.1 Å². The first-order valence-electron chi connectivity index (χ1n) is 30.3. The Labute approximate surface area is 503 Å². The van der Waals surface area contributed by atoms with Gasteiger partial charge >= 0.3 is 12.1 Å². The van der Waals surface area contributed by atoms with Gasteiger partial charge in [-0.2, -0.15) is 23.5 Å². The lowest BCUT2D eigenvalue weighted by Crippen LogP contribution is -2.36. The van der Waals surface area contributed by atoms with Gasteiger partial charge in [-0.1, -0.05) is 12.8 Å². The monoisotopic (exact) mass is 1230 g/mol. The average molecular weight is 1230 g/mol. The van der Waals surface area contributed by atoms with Crippen molar-refractivity contribution in [3.8, 4) is 0 Å². The van der Waals surface area contributed by atoms with Crippen molar-refractivity contribution in [1.82, 2.24) is 42.1 Å². The third-order valence-corrected chi connectivity index (χ3v) is 17.0. The van der Waals surface area contributed by atoms with Gasteiger partial charge in [-0.3, -0.25) is 28.9 Å². The molecular formula is C56H96N8O18S2. The fraction of sp³-hybridized carbons (Fsp3) is 0.839. The molecule has 0 saturated carbocycles. The highest BCUT2D eigenvalue weighted by Gasteiger charge is 2.43. The van der Waals surface area contributed by atoms with Gasteiger partial charge in [-0.15, -0.1) is 0 Å². The number of carbonyl (C=O) groups excluding carboxylic acids is 7.